The maximum Gasteiger partial charge on any atom is 0.338 e. The van der Waals surface area contributed by atoms with Gasteiger partial charge in [0.2, 0.25) is 5.89 Å². The van der Waals surface area contributed by atoms with Crippen LogP contribution in [0, 0.1) is 11.3 Å². The molecule has 0 saturated heterocycles. The SMILES string of the molecule is N#Cc1cccc(C(=O)OCc2nnc(-c3ccc(Cl)cc3)o2)c1. The summed E-state index contributed by atoms with van der Waals surface area (Å²) in [5.74, 6) is -0.0905. The van der Waals surface area contributed by atoms with E-state index in [2.05, 4.69) is 10.2 Å². The highest BCUT2D eigenvalue weighted by molar-refractivity contribution is 6.30. The Morgan fingerprint density at radius 3 is 2.75 bits per heavy atom. The van der Waals surface area contributed by atoms with E-state index in [-0.39, 0.29) is 18.1 Å². The minimum Gasteiger partial charge on any atom is -0.452 e. The number of esters is 1. The van der Waals surface area contributed by atoms with Crippen molar-refractivity contribution in [1.29, 1.82) is 5.26 Å². The van der Waals surface area contributed by atoms with Crippen LogP contribution in [0.2, 0.25) is 5.02 Å². The van der Waals surface area contributed by atoms with Gasteiger partial charge in [0.1, 0.15) is 0 Å². The van der Waals surface area contributed by atoms with Crippen molar-refractivity contribution in [2.45, 2.75) is 6.61 Å². The Labute approximate surface area is 142 Å². The Morgan fingerprint density at radius 1 is 1.21 bits per heavy atom. The molecule has 118 valence electrons. The number of rotatable bonds is 4. The van der Waals surface area contributed by atoms with Crippen LogP contribution in [0.4, 0.5) is 0 Å². The zero-order chi connectivity index (χ0) is 16.9. The van der Waals surface area contributed by atoms with Crippen molar-refractivity contribution < 1.29 is 13.9 Å². The van der Waals surface area contributed by atoms with Gasteiger partial charge in [0.05, 0.1) is 17.2 Å². The summed E-state index contributed by atoms with van der Waals surface area (Å²) in [6.07, 6.45) is 0. The molecule has 6 nitrogen and oxygen atoms in total. The number of nitriles is 1. The molecule has 0 unspecified atom stereocenters. The highest BCUT2D eigenvalue weighted by Gasteiger charge is 2.12. The van der Waals surface area contributed by atoms with Gasteiger partial charge in [-0.2, -0.15) is 5.26 Å². The van der Waals surface area contributed by atoms with Gasteiger partial charge in [0.25, 0.3) is 5.89 Å². The van der Waals surface area contributed by atoms with Crippen LogP contribution in [0.3, 0.4) is 0 Å². The minimum absolute atomic E-state index is 0.157. The summed E-state index contributed by atoms with van der Waals surface area (Å²) in [5, 5.41) is 17.2. The second-order valence-corrected chi connectivity index (χ2v) is 5.21. The van der Waals surface area contributed by atoms with Gasteiger partial charge in [0.15, 0.2) is 6.61 Å². The summed E-state index contributed by atoms with van der Waals surface area (Å²) in [5.41, 5.74) is 1.38. The molecule has 7 heteroatoms. The van der Waals surface area contributed by atoms with E-state index >= 15 is 0 Å². The van der Waals surface area contributed by atoms with Gasteiger partial charge < -0.3 is 9.15 Å². The molecular weight excluding hydrogens is 330 g/mol. The van der Waals surface area contributed by atoms with E-state index in [1.165, 1.54) is 6.07 Å². The number of aromatic nitrogens is 2. The Balaban J connectivity index is 1.66. The van der Waals surface area contributed by atoms with E-state index in [1.54, 1.807) is 42.5 Å². The molecule has 3 aromatic rings. The summed E-state index contributed by atoms with van der Waals surface area (Å²) in [6.45, 7) is -0.157. The molecular formula is C17H10ClN3O3. The normalized spacial score (nSPS) is 10.2. The van der Waals surface area contributed by atoms with Crippen LogP contribution >= 0.6 is 11.6 Å². The fourth-order valence-electron chi connectivity index (χ4n) is 1.95. The molecule has 1 heterocycles. The molecule has 3 rings (SSSR count). The van der Waals surface area contributed by atoms with Crippen molar-refractivity contribution >= 4 is 17.6 Å². The van der Waals surface area contributed by atoms with Gasteiger partial charge in [-0.1, -0.05) is 17.7 Å². The largest absolute Gasteiger partial charge is 0.452 e. The van der Waals surface area contributed by atoms with E-state index < -0.39 is 5.97 Å². The highest BCUT2D eigenvalue weighted by atomic mass is 35.5. The van der Waals surface area contributed by atoms with Crippen LogP contribution in [0.25, 0.3) is 11.5 Å². The van der Waals surface area contributed by atoms with Gasteiger partial charge in [-0.3, -0.25) is 0 Å². The molecule has 0 atom stereocenters. The topological polar surface area (TPSA) is 89.0 Å². The fourth-order valence-corrected chi connectivity index (χ4v) is 2.07. The molecule has 0 aliphatic rings. The van der Waals surface area contributed by atoms with Gasteiger partial charge >= 0.3 is 5.97 Å². The van der Waals surface area contributed by atoms with Gasteiger partial charge in [-0.15, -0.1) is 10.2 Å². The number of hydrogen-bond acceptors (Lipinski definition) is 6. The summed E-state index contributed by atoms with van der Waals surface area (Å²) in [7, 11) is 0. The molecule has 2 aromatic carbocycles. The molecule has 24 heavy (non-hydrogen) atoms. The lowest BCUT2D eigenvalue weighted by molar-refractivity contribution is 0.0438. The van der Waals surface area contributed by atoms with Crippen molar-refractivity contribution in [1.82, 2.24) is 10.2 Å². The first-order valence-electron chi connectivity index (χ1n) is 6.91. The molecule has 0 N–H and O–H groups in total. The van der Waals surface area contributed by atoms with Crippen molar-refractivity contribution in [3.63, 3.8) is 0 Å². The predicted molar refractivity (Wildman–Crippen MR) is 85.0 cm³/mol. The molecule has 0 aliphatic carbocycles. The Hall–Kier alpha value is -3.17. The third kappa shape index (κ3) is 3.59. The standard InChI is InChI=1S/C17H10ClN3O3/c18-14-6-4-12(5-7-14)16-21-20-15(24-16)10-23-17(22)13-3-1-2-11(8-13)9-19/h1-8H,10H2. The lowest BCUT2D eigenvalue weighted by Crippen LogP contribution is -2.05. The van der Waals surface area contributed by atoms with Crippen molar-refractivity contribution in [2.24, 2.45) is 0 Å². The molecule has 0 fully saturated rings. The van der Waals surface area contributed by atoms with E-state index in [1.807, 2.05) is 6.07 Å². The van der Waals surface area contributed by atoms with E-state index in [9.17, 15) is 4.79 Å². The molecule has 0 spiro atoms. The second kappa shape index (κ2) is 6.94. The summed E-state index contributed by atoms with van der Waals surface area (Å²) in [4.78, 5) is 12.0. The van der Waals surface area contributed by atoms with Crippen LogP contribution in [-0.2, 0) is 11.3 Å². The number of nitrogens with zero attached hydrogens (tertiary/aromatic N) is 3. The van der Waals surface area contributed by atoms with E-state index in [0.29, 0.717) is 22.0 Å². The van der Waals surface area contributed by atoms with Crippen LogP contribution in [0.15, 0.2) is 52.9 Å². The number of halogens is 1. The second-order valence-electron chi connectivity index (χ2n) is 4.78. The maximum absolute atomic E-state index is 12.0. The fraction of sp³-hybridized carbons (Fsp3) is 0.0588. The van der Waals surface area contributed by atoms with Gasteiger partial charge in [0, 0.05) is 10.6 Å². The van der Waals surface area contributed by atoms with E-state index in [0.717, 1.165) is 0 Å². The molecule has 0 saturated carbocycles. The third-order valence-corrected chi connectivity index (χ3v) is 3.36. The molecule has 0 amide bonds. The first-order chi connectivity index (χ1) is 11.7. The molecule has 0 aliphatic heterocycles. The van der Waals surface area contributed by atoms with Crippen molar-refractivity contribution in [3.8, 4) is 17.5 Å². The van der Waals surface area contributed by atoms with Crippen LogP contribution in [0.5, 0.6) is 0 Å². The maximum atomic E-state index is 12.0. The Morgan fingerprint density at radius 2 is 2.00 bits per heavy atom. The lowest BCUT2D eigenvalue weighted by atomic mass is 10.1. The predicted octanol–water partition coefficient (Wildman–Crippen LogP) is 3.62. The zero-order valence-corrected chi connectivity index (χ0v) is 13.0. The van der Waals surface area contributed by atoms with Crippen LogP contribution in [0.1, 0.15) is 21.8 Å². The minimum atomic E-state index is -0.571. The van der Waals surface area contributed by atoms with E-state index in [4.69, 9.17) is 26.0 Å². The van der Waals surface area contributed by atoms with Crippen molar-refractivity contribution in [2.75, 3.05) is 0 Å². The zero-order valence-electron chi connectivity index (χ0n) is 12.3. The summed E-state index contributed by atoms with van der Waals surface area (Å²) in [6, 6.07) is 15.1. The highest BCUT2D eigenvalue weighted by Crippen LogP contribution is 2.20. The number of ether oxygens (including phenoxy) is 1. The lowest BCUT2D eigenvalue weighted by Gasteiger charge is -2.02. The van der Waals surface area contributed by atoms with Crippen LogP contribution < -0.4 is 0 Å². The first kappa shape index (κ1) is 15.7. The summed E-state index contributed by atoms with van der Waals surface area (Å²) >= 11 is 5.82. The molecule has 0 bridgehead atoms. The molecule has 0 radical (unpaired) electrons. The average molecular weight is 340 g/mol. The average Bonchev–Trinajstić information content (AvgIpc) is 3.09. The quantitative estimate of drug-likeness (QED) is 0.674. The number of hydrogen-bond donors (Lipinski definition) is 0. The number of benzene rings is 2. The monoisotopic (exact) mass is 339 g/mol. The van der Waals surface area contributed by atoms with Crippen molar-refractivity contribution in [3.05, 3.63) is 70.6 Å². The first-order valence-corrected chi connectivity index (χ1v) is 7.29. The summed E-state index contributed by atoms with van der Waals surface area (Å²) < 4.78 is 10.6. The van der Waals surface area contributed by atoms with Gasteiger partial charge in [-0.05, 0) is 42.5 Å². The van der Waals surface area contributed by atoms with Crippen LogP contribution in [-0.4, -0.2) is 16.2 Å². The number of carbonyl (C=O) groups is 1. The Kier molecular flexibility index (Phi) is 4.54. The van der Waals surface area contributed by atoms with Gasteiger partial charge in [-0.25, -0.2) is 4.79 Å². The number of carbonyl (C=O) groups excluding carboxylic acids is 1. The Bertz CT molecular complexity index is 913. The smallest absolute Gasteiger partial charge is 0.338 e. The molecule has 1 aromatic heterocycles. The third-order valence-electron chi connectivity index (χ3n) is 3.11.